The molecule has 1 aliphatic heterocycles. The number of alkyl halides is 6. The van der Waals surface area contributed by atoms with Gasteiger partial charge in [-0.15, -0.1) is 0 Å². The van der Waals surface area contributed by atoms with Gasteiger partial charge >= 0.3 is 41.9 Å². The molecule has 1 fully saturated rings. The molecule has 0 radical (unpaired) electrons. The number of carboxylic acids is 1. The zero-order chi connectivity index (χ0) is 39.9. The zero-order valence-corrected chi connectivity index (χ0v) is 34.0. The molecule has 0 N–H and O–H groups in total. The van der Waals surface area contributed by atoms with Crippen molar-refractivity contribution >= 4 is 17.6 Å². The normalized spacial score (nSPS) is 13.7. The zero-order valence-electron chi connectivity index (χ0n) is 32.0. The van der Waals surface area contributed by atoms with E-state index in [-0.39, 0.29) is 90.9 Å². The van der Waals surface area contributed by atoms with Gasteiger partial charge in [0.15, 0.2) is 5.75 Å². The summed E-state index contributed by atoms with van der Waals surface area (Å²) < 4.78 is 101. The molecule has 0 bridgehead atoms. The number of nitrogens with zero attached hydrogens (tertiary/aromatic N) is 4. The van der Waals surface area contributed by atoms with E-state index in [1.165, 1.54) is 17.3 Å². The van der Waals surface area contributed by atoms with Crippen LogP contribution in [0.25, 0.3) is 11.1 Å². The molecule has 296 valence electrons. The monoisotopic (exact) mass is 796 g/mol. The summed E-state index contributed by atoms with van der Waals surface area (Å²) in [7, 11) is 3.23. The van der Waals surface area contributed by atoms with Crippen molar-refractivity contribution in [1.29, 1.82) is 0 Å². The van der Waals surface area contributed by atoms with E-state index in [9.17, 15) is 36.2 Å². The van der Waals surface area contributed by atoms with Crippen molar-refractivity contribution < 1.29 is 80.0 Å². The topological polar surface area (TPSA) is 100 Å². The second kappa shape index (κ2) is 19.4. The summed E-state index contributed by atoms with van der Waals surface area (Å²) in [5.41, 5.74) is 0.984. The van der Waals surface area contributed by atoms with Gasteiger partial charge in [-0.3, -0.25) is 0 Å². The third-order valence-corrected chi connectivity index (χ3v) is 9.48. The summed E-state index contributed by atoms with van der Waals surface area (Å²) in [6.07, 6.45) is -5.78. The van der Waals surface area contributed by atoms with Crippen LogP contribution in [0.2, 0.25) is 0 Å². The molecule has 5 rings (SSSR count). The van der Waals surface area contributed by atoms with E-state index in [1.54, 1.807) is 14.2 Å². The molecule has 1 aromatic heterocycles. The molecule has 56 heavy (non-hydrogen) atoms. The first-order valence-electron chi connectivity index (χ1n) is 17.8. The van der Waals surface area contributed by atoms with Gasteiger partial charge in [0.1, 0.15) is 5.75 Å². The van der Waals surface area contributed by atoms with Crippen LogP contribution in [-0.2, 0) is 35.0 Å². The second-order valence-electron chi connectivity index (χ2n) is 13.7. The van der Waals surface area contributed by atoms with Crippen LogP contribution in [0.15, 0.2) is 67.0 Å². The predicted molar refractivity (Wildman–Crippen MR) is 193 cm³/mol. The average Bonchev–Trinajstić information content (AvgIpc) is 3.15. The molecule has 0 aliphatic carbocycles. The van der Waals surface area contributed by atoms with Crippen LogP contribution < -0.4 is 53.9 Å². The smallest absolute Gasteiger partial charge is 0.550 e. The summed E-state index contributed by atoms with van der Waals surface area (Å²) in [6.45, 7) is 5.11. The predicted octanol–water partition coefficient (Wildman–Crippen LogP) is 5.05. The average molecular weight is 797 g/mol. The van der Waals surface area contributed by atoms with Crippen molar-refractivity contribution in [3.05, 3.63) is 94.8 Å². The number of aliphatic carboxylic acids is 1. The first kappa shape index (κ1) is 44.7. The molecule has 16 heteroatoms. The van der Waals surface area contributed by atoms with E-state index >= 15 is 0 Å². The van der Waals surface area contributed by atoms with Crippen LogP contribution in [0.3, 0.4) is 0 Å². The molecular formula is C40H43F6N4NaO5. The van der Waals surface area contributed by atoms with Gasteiger partial charge in [-0.2, -0.15) is 26.3 Å². The van der Waals surface area contributed by atoms with E-state index in [4.69, 9.17) is 14.2 Å². The fraction of sp³-hybridized carbons (Fsp3) is 0.425. The first-order valence-corrected chi connectivity index (χ1v) is 17.8. The number of hydrogen-bond donors (Lipinski definition) is 0. The Bertz CT molecular complexity index is 1890. The molecule has 1 saturated heterocycles. The number of aromatic nitrogens is 2. The van der Waals surface area contributed by atoms with Gasteiger partial charge in [0.25, 0.3) is 0 Å². The molecule has 0 saturated carbocycles. The van der Waals surface area contributed by atoms with E-state index in [2.05, 4.69) is 28.7 Å². The Labute approximate surface area is 344 Å². The molecule has 0 amide bonds. The van der Waals surface area contributed by atoms with Crippen LogP contribution in [0, 0.1) is 0 Å². The molecule has 3 aromatic carbocycles. The third-order valence-electron chi connectivity index (χ3n) is 9.48. The van der Waals surface area contributed by atoms with Crippen molar-refractivity contribution in [3.8, 4) is 22.6 Å². The third kappa shape index (κ3) is 11.7. The van der Waals surface area contributed by atoms with Crippen molar-refractivity contribution in [3.63, 3.8) is 0 Å². The van der Waals surface area contributed by atoms with E-state index in [0.717, 1.165) is 35.2 Å². The second-order valence-corrected chi connectivity index (χ2v) is 13.7. The van der Waals surface area contributed by atoms with Gasteiger partial charge in [0.05, 0.1) is 43.3 Å². The van der Waals surface area contributed by atoms with Gasteiger partial charge < -0.3 is 33.9 Å². The van der Waals surface area contributed by atoms with E-state index in [0.29, 0.717) is 36.5 Å². The fourth-order valence-electron chi connectivity index (χ4n) is 6.50. The minimum Gasteiger partial charge on any atom is -0.550 e. The van der Waals surface area contributed by atoms with Gasteiger partial charge in [-0.1, -0.05) is 26.0 Å². The Morgan fingerprint density at radius 2 is 1.54 bits per heavy atom. The van der Waals surface area contributed by atoms with Gasteiger partial charge in [0, 0.05) is 50.5 Å². The van der Waals surface area contributed by atoms with Crippen molar-refractivity contribution in [2.45, 2.75) is 77.0 Å². The van der Waals surface area contributed by atoms with Gasteiger partial charge in [-0.25, -0.2) is 9.97 Å². The minimum absolute atomic E-state index is 0. The molecule has 4 aromatic rings. The van der Waals surface area contributed by atoms with E-state index < -0.39 is 36.0 Å². The summed E-state index contributed by atoms with van der Waals surface area (Å²) in [6, 6.07) is 13.3. The number of anilines is 2. The number of carbonyl (C=O) groups is 1. The standard InChI is InChI=1S/C40H44F6N4O5.Na/c1-25(2)27-7-10-36(54-4)35(19-27)34-9-8-31(49-13-11-32(53-3)12-14-49)18-28(34)24-50(38-47-21-33(22-48-38)55-15-5-6-37(51)52)23-26-16-29(39(41,42)43)20-30(17-26)40(44,45)46;/h7-10,16-22,25,32H,5-6,11-15,23-24H2,1-4H3,(H,51,52);/q;+1/p-1. The van der Waals surface area contributed by atoms with Crippen molar-refractivity contribution in [1.82, 2.24) is 9.97 Å². The van der Waals surface area contributed by atoms with Crippen molar-refractivity contribution in [2.75, 3.05) is 43.7 Å². The SMILES string of the molecule is COc1ccc(C(C)C)cc1-c1ccc(N2CCC(OC)CC2)cc1CN(Cc1cc(C(F)(F)F)cc(C(F)(F)F)c1)c1ncc(OCCCC(=O)[O-])cn1.[Na+]. The number of rotatable bonds is 15. The quantitative estimate of drug-likeness (QED) is 0.0931. The summed E-state index contributed by atoms with van der Waals surface area (Å²) in [5, 5.41) is 10.8. The minimum atomic E-state index is -5.04. The maximum absolute atomic E-state index is 13.9. The van der Waals surface area contributed by atoms with Gasteiger partial charge in [0.2, 0.25) is 5.95 Å². The molecule has 9 nitrogen and oxygen atoms in total. The summed E-state index contributed by atoms with van der Waals surface area (Å²) in [4.78, 5) is 23.3. The number of methoxy groups -OCH3 is 2. The maximum atomic E-state index is 13.9. The number of carbonyl (C=O) groups excluding carboxylic acids is 1. The van der Waals surface area contributed by atoms with Gasteiger partial charge in [-0.05, 0) is 96.3 Å². The summed E-state index contributed by atoms with van der Waals surface area (Å²) in [5.74, 6) is -0.281. The Hall–Kier alpha value is -4.05. The van der Waals surface area contributed by atoms with Crippen LogP contribution in [0.5, 0.6) is 11.5 Å². The Morgan fingerprint density at radius 3 is 2.09 bits per heavy atom. The number of halogens is 6. The number of carboxylic acid groups (broad SMARTS) is 1. The van der Waals surface area contributed by atoms with E-state index in [1.807, 2.05) is 36.4 Å². The van der Waals surface area contributed by atoms with Crippen LogP contribution in [-0.4, -0.2) is 56.0 Å². The molecule has 2 heterocycles. The van der Waals surface area contributed by atoms with Crippen LogP contribution in [0.4, 0.5) is 38.0 Å². The number of benzene rings is 3. The molecule has 1 aliphatic rings. The van der Waals surface area contributed by atoms with Crippen LogP contribution in [0.1, 0.15) is 73.3 Å². The Balaban J connectivity index is 0.00000696. The molecule has 0 atom stereocenters. The Morgan fingerprint density at radius 1 is 0.893 bits per heavy atom. The number of piperidine rings is 1. The molecule has 0 spiro atoms. The first-order chi connectivity index (χ1) is 26.0. The van der Waals surface area contributed by atoms with Crippen LogP contribution >= 0.6 is 0 Å². The Kier molecular flexibility index (Phi) is 15.5. The molecule has 0 unspecified atom stereocenters. The van der Waals surface area contributed by atoms with Crippen molar-refractivity contribution in [2.24, 2.45) is 0 Å². The number of ether oxygens (including phenoxy) is 3. The summed E-state index contributed by atoms with van der Waals surface area (Å²) >= 11 is 0. The molecular weight excluding hydrogens is 753 g/mol. The fourth-order valence-corrected chi connectivity index (χ4v) is 6.50. The largest absolute Gasteiger partial charge is 1.00 e. The number of hydrogen-bond acceptors (Lipinski definition) is 9. The maximum Gasteiger partial charge on any atom is 1.00 e.